The van der Waals surface area contributed by atoms with Gasteiger partial charge in [0.05, 0.1) is 20.3 Å². The second kappa shape index (κ2) is 7.65. The molecular formula is C15H16BrClN2O3. The molecule has 1 aromatic carbocycles. The minimum absolute atomic E-state index is 0.323. The number of aromatic nitrogens is 2. The Hall–Kier alpha value is -1.53. The first-order chi connectivity index (χ1) is 10.6. The van der Waals surface area contributed by atoms with Crippen LogP contribution in [-0.4, -0.2) is 29.2 Å². The quantitative estimate of drug-likeness (QED) is 0.705. The molecule has 0 N–H and O–H groups in total. The van der Waals surface area contributed by atoms with Crippen LogP contribution >= 0.6 is 27.5 Å². The Morgan fingerprint density at radius 2 is 2.05 bits per heavy atom. The minimum Gasteiger partial charge on any atom is -0.465 e. The molecule has 5 nitrogen and oxygen atoms in total. The van der Waals surface area contributed by atoms with E-state index in [1.54, 1.807) is 16.7 Å². The van der Waals surface area contributed by atoms with Gasteiger partial charge in [-0.05, 0) is 40.0 Å². The molecule has 0 saturated heterocycles. The number of nitrogens with zero attached hydrogens (tertiary/aromatic N) is 2. The fourth-order valence-corrected chi connectivity index (χ4v) is 2.57. The lowest BCUT2D eigenvalue weighted by Gasteiger charge is -2.11. The molecule has 0 bridgehead atoms. The van der Waals surface area contributed by atoms with E-state index in [1.807, 2.05) is 19.1 Å². The van der Waals surface area contributed by atoms with E-state index in [1.165, 1.54) is 7.11 Å². The number of carbonyl (C=O) groups excluding carboxylic acids is 1. The zero-order valence-electron chi connectivity index (χ0n) is 12.3. The van der Waals surface area contributed by atoms with Crippen molar-refractivity contribution in [2.45, 2.75) is 19.9 Å². The lowest BCUT2D eigenvalue weighted by atomic mass is 10.2. The summed E-state index contributed by atoms with van der Waals surface area (Å²) in [6.07, 6.45) is 0.846. The van der Waals surface area contributed by atoms with E-state index in [-0.39, 0.29) is 0 Å². The first kappa shape index (κ1) is 16.8. The molecule has 2 rings (SSSR count). The maximum absolute atomic E-state index is 12.0. The number of esters is 1. The molecule has 0 saturated carbocycles. The number of ether oxygens (including phenoxy) is 2. The van der Waals surface area contributed by atoms with Crippen molar-refractivity contribution in [3.63, 3.8) is 0 Å². The molecule has 0 amide bonds. The molecule has 0 aliphatic rings. The molecule has 0 aliphatic heterocycles. The molecule has 0 aliphatic carbocycles. The van der Waals surface area contributed by atoms with Gasteiger partial charge in [-0.2, -0.15) is 4.98 Å². The topological polar surface area (TPSA) is 53.4 Å². The monoisotopic (exact) mass is 386 g/mol. The normalized spacial score (nSPS) is 10.5. The Bertz CT molecular complexity index is 656. The molecule has 0 spiro atoms. The average Bonchev–Trinajstić information content (AvgIpc) is 2.82. The van der Waals surface area contributed by atoms with E-state index in [2.05, 4.69) is 20.9 Å². The third-order valence-electron chi connectivity index (χ3n) is 2.96. The van der Waals surface area contributed by atoms with Gasteiger partial charge < -0.3 is 9.47 Å². The fraction of sp³-hybridized carbons (Fsp3) is 0.333. The van der Waals surface area contributed by atoms with E-state index >= 15 is 0 Å². The van der Waals surface area contributed by atoms with Gasteiger partial charge in [-0.25, -0.2) is 4.79 Å². The molecule has 7 heteroatoms. The Labute approximate surface area is 142 Å². The number of carbonyl (C=O) groups is 1. The van der Waals surface area contributed by atoms with E-state index in [0.717, 1.165) is 12.0 Å². The Balaban J connectivity index is 2.40. The summed E-state index contributed by atoms with van der Waals surface area (Å²) in [6, 6.07) is 7.76. The summed E-state index contributed by atoms with van der Waals surface area (Å²) in [5, 5.41) is 0.659. The van der Waals surface area contributed by atoms with Crippen molar-refractivity contribution in [1.29, 1.82) is 0 Å². The second-order valence-corrected chi connectivity index (χ2v) is 5.77. The van der Waals surface area contributed by atoms with Gasteiger partial charge in [0, 0.05) is 5.02 Å². The van der Waals surface area contributed by atoms with Crippen molar-refractivity contribution in [3.8, 4) is 6.01 Å². The molecule has 22 heavy (non-hydrogen) atoms. The predicted octanol–water partition coefficient (Wildman–Crippen LogP) is 3.92. The number of rotatable bonds is 6. The number of hydrogen-bond donors (Lipinski definition) is 0. The van der Waals surface area contributed by atoms with Crippen LogP contribution in [0.15, 0.2) is 28.9 Å². The van der Waals surface area contributed by atoms with E-state index in [0.29, 0.717) is 34.5 Å². The van der Waals surface area contributed by atoms with Crippen molar-refractivity contribution in [2.24, 2.45) is 0 Å². The molecule has 0 radical (unpaired) electrons. The van der Waals surface area contributed by atoms with Crippen LogP contribution in [0.5, 0.6) is 6.01 Å². The van der Waals surface area contributed by atoms with Crippen molar-refractivity contribution >= 4 is 33.5 Å². The van der Waals surface area contributed by atoms with Crippen molar-refractivity contribution in [2.75, 3.05) is 13.7 Å². The first-order valence-corrected chi connectivity index (χ1v) is 7.95. The lowest BCUT2D eigenvalue weighted by molar-refractivity contribution is 0.0586. The van der Waals surface area contributed by atoms with Gasteiger partial charge in [0.15, 0.2) is 5.69 Å². The predicted molar refractivity (Wildman–Crippen MR) is 87.6 cm³/mol. The van der Waals surface area contributed by atoms with Crippen LogP contribution in [0.2, 0.25) is 5.02 Å². The number of methoxy groups -OCH3 is 1. The van der Waals surface area contributed by atoms with Crippen molar-refractivity contribution in [3.05, 3.63) is 45.1 Å². The first-order valence-electron chi connectivity index (χ1n) is 6.78. The van der Waals surface area contributed by atoms with Crippen LogP contribution in [0.25, 0.3) is 0 Å². The average molecular weight is 388 g/mol. The number of imidazole rings is 1. The summed E-state index contributed by atoms with van der Waals surface area (Å²) >= 11 is 9.19. The minimum atomic E-state index is -0.473. The van der Waals surface area contributed by atoms with Crippen molar-refractivity contribution < 1.29 is 14.3 Å². The highest BCUT2D eigenvalue weighted by Gasteiger charge is 2.23. The Kier molecular flexibility index (Phi) is 5.85. The highest BCUT2D eigenvalue weighted by molar-refractivity contribution is 9.10. The maximum Gasteiger partial charge on any atom is 0.357 e. The molecule has 0 unspecified atom stereocenters. The van der Waals surface area contributed by atoms with Crippen LogP contribution in [0.1, 0.15) is 29.4 Å². The second-order valence-electron chi connectivity index (χ2n) is 4.59. The largest absolute Gasteiger partial charge is 0.465 e. The van der Waals surface area contributed by atoms with E-state index < -0.39 is 5.97 Å². The number of benzene rings is 1. The summed E-state index contributed by atoms with van der Waals surface area (Å²) in [6.45, 7) is 2.95. The molecule has 0 atom stereocenters. The summed E-state index contributed by atoms with van der Waals surface area (Å²) in [7, 11) is 1.33. The van der Waals surface area contributed by atoms with E-state index in [4.69, 9.17) is 21.1 Å². The molecule has 0 fully saturated rings. The van der Waals surface area contributed by atoms with Gasteiger partial charge in [-0.1, -0.05) is 30.7 Å². The van der Waals surface area contributed by atoms with Gasteiger partial charge in [-0.15, -0.1) is 0 Å². The highest BCUT2D eigenvalue weighted by Crippen LogP contribution is 2.25. The summed E-state index contributed by atoms with van der Waals surface area (Å²) in [4.78, 5) is 16.3. The highest BCUT2D eigenvalue weighted by atomic mass is 79.9. The van der Waals surface area contributed by atoms with Crippen LogP contribution in [-0.2, 0) is 11.3 Å². The number of halogens is 2. The molecule has 118 valence electrons. The lowest BCUT2D eigenvalue weighted by Crippen LogP contribution is -2.14. The molecule has 2 aromatic rings. The summed E-state index contributed by atoms with van der Waals surface area (Å²) in [5.41, 5.74) is 1.30. The van der Waals surface area contributed by atoms with Gasteiger partial charge in [0.2, 0.25) is 0 Å². The maximum atomic E-state index is 12.0. The van der Waals surface area contributed by atoms with Crippen LogP contribution < -0.4 is 4.74 Å². The fourth-order valence-electron chi connectivity index (χ4n) is 1.92. The zero-order chi connectivity index (χ0) is 16.1. The summed E-state index contributed by atoms with van der Waals surface area (Å²) < 4.78 is 12.5. The van der Waals surface area contributed by atoms with Gasteiger partial charge in [0.25, 0.3) is 6.01 Å². The smallest absolute Gasteiger partial charge is 0.357 e. The van der Waals surface area contributed by atoms with E-state index in [9.17, 15) is 4.79 Å². The van der Waals surface area contributed by atoms with Gasteiger partial charge in [-0.3, -0.25) is 4.57 Å². The molecule has 1 aromatic heterocycles. The third kappa shape index (κ3) is 3.81. The van der Waals surface area contributed by atoms with Crippen LogP contribution in [0.4, 0.5) is 0 Å². The van der Waals surface area contributed by atoms with Crippen LogP contribution in [0, 0.1) is 0 Å². The number of hydrogen-bond acceptors (Lipinski definition) is 4. The Morgan fingerprint density at radius 1 is 1.36 bits per heavy atom. The standard InChI is InChI=1S/C15H16BrClN2O3/c1-3-8-22-15-18-13(16)12(14(20)21-2)19(15)9-10-4-6-11(17)7-5-10/h4-7H,3,8-9H2,1-2H3. The summed E-state index contributed by atoms with van der Waals surface area (Å²) in [5.74, 6) is -0.473. The SMILES string of the molecule is CCCOc1nc(Br)c(C(=O)OC)n1Cc1ccc(Cl)cc1. The van der Waals surface area contributed by atoms with Crippen molar-refractivity contribution in [1.82, 2.24) is 9.55 Å². The van der Waals surface area contributed by atoms with Crippen LogP contribution in [0.3, 0.4) is 0 Å². The van der Waals surface area contributed by atoms with Gasteiger partial charge in [0.1, 0.15) is 4.60 Å². The third-order valence-corrected chi connectivity index (χ3v) is 3.76. The molecular weight excluding hydrogens is 372 g/mol. The van der Waals surface area contributed by atoms with Gasteiger partial charge >= 0.3 is 5.97 Å². The zero-order valence-corrected chi connectivity index (χ0v) is 14.6. The Morgan fingerprint density at radius 3 is 2.64 bits per heavy atom. The molecule has 1 heterocycles.